The summed E-state index contributed by atoms with van der Waals surface area (Å²) in [6, 6.07) is -0.185. The number of methoxy groups -OCH3 is 1. The van der Waals surface area contributed by atoms with Crippen LogP contribution in [0.4, 0.5) is 0 Å². The van der Waals surface area contributed by atoms with Crippen molar-refractivity contribution >= 4 is 5.97 Å². The largest absolute Gasteiger partial charge is 0.468 e. The number of hydrogen-bond acceptors (Lipinski definition) is 6. The minimum absolute atomic E-state index is 0.130. The van der Waals surface area contributed by atoms with Crippen LogP contribution in [-0.2, 0) is 21.5 Å². The van der Waals surface area contributed by atoms with E-state index in [1.165, 1.54) is 7.11 Å². The van der Waals surface area contributed by atoms with Crippen LogP contribution in [0.2, 0.25) is 0 Å². The number of likely N-dealkylation sites (tertiary alicyclic amines) is 1. The highest BCUT2D eigenvalue weighted by Crippen LogP contribution is 2.22. The van der Waals surface area contributed by atoms with Gasteiger partial charge in [0.15, 0.2) is 5.82 Å². The third-order valence-corrected chi connectivity index (χ3v) is 3.31. The molecule has 6 nitrogen and oxygen atoms in total. The summed E-state index contributed by atoms with van der Waals surface area (Å²) in [6.07, 6.45) is 1.81. The molecule has 0 spiro atoms. The topological polar surface area (TPSA) is 68.5 Å². The van der Waals surface area contributed by atoms with Crippen LogP contribution >= 0.6 is 0 Å². The third kappa shape index (κ3) is 3.12. The van der Waals surface area contributed by atoms with E-state index in [1.807, 2.05) is 25.7 Å². The number of rotatable bonds is 3. The molecule has 2 rings (SSSR count). The second kappa shape index (κ2) is 5.28. The van der Waals surface area contributed by atoms with Crippen molar-refractivity contribution in [1.29, 1.82) is 0 Å². The lowest BCUT2D eigenvalue weighted by molar-refractivity contribution is -0.146. The normalized spacial score (nSPS) is 20.7. The van der Waals surface area contributed by atoms with Crippen molar-refractivity contribution in [3.8, 4) is 0 Å². The fourth-order valence-electron chi connectivity index (χ4n) is 2.22. The minimum Gasteiger partial charge on any atom is -0.468 e. The van der Waals surface area contributed by atoms with Gasteiger partial charge in [-0.1, -0.05) is 25.9 Å². The van der Waals surface area contributed by atoms with Gasteiger partial charge in [-0.3, -0.25) is 9.69 Å². The van der Waals surface area contributed by atoms with Gasteiger partial charge in [0.2, 0.25) is 5.89 Å². The Balaban J connectivity index is 2.04. The van der Waals surface area contributed by atoms with Crippen molar-refractivity contribution in [3.05, 3.63) is 11.7 Å². The highest BCUT2D eigenvalue weighted by molar-refractivity contribution is 5.75. The van der Waals surface area contributed by atoms with Crippen molar-refractivity contribution in [2.75, 3.05) is 13.7 Å². The van der Waals surface area contributed by atoms with Gasteiger partial charge < -0.3 is 9.26 Å². The van der Waals surface area contributed by atoms with E-state index in [0.717, 1.165) is 19.4 Å². The summed E-state index contributed by atoms with van der Waals surface area (Å²) in [7, 11) is 1.42. The van der Waals surface area contributed by atoms with Crippen molar-refractivity contribution in [1.82, 2.24) is 15.0 Å². The third-order valence-electron chi connectivity index (χ3n) is 3.31. The molecule has 1 aliphatic heterocycles. The number of ether oxygens (including phenoxy) is 1. The molecule has 0 N–H and O–H groups in total. The first-order valence-corrected chi connectivity index (χ1v) is 6.57. The zero-order valence-corrected chi connectivity index (χ0v) is 12.0. The summed E-state index contributed by atoms with van der Waals surface area (Å²) < 4.78 is 10.1. The number of hydrogen-bond donors (Lipinski definition) is 0. The molecule has 1 aromatic rings. The van der Waals surface area contributed by atoms with E-state index < -0.39 is 0 Å². The molecule has 0 bridgehead atoms. The second-order valence-electron chi connectivity index (χ2n) is 5.91. The molecule has 1 unspecified atom stereocenters. The predicted molar refractivity (Wildman–Crippen MR) is 68.4 cm³/mol. The van der Waals surface area contributed by atoms with Gasteiger partial charge in [0.05, 0.1) is 13.7 Å². The van der Waals surface area contributed by atoms with Crippen molar-refractivity contribution in [2.45, 2.75) is 51.6 Å². The Labute approximate surface area is 113 Å². The number of nitrogens with zero attached hydrogens (tertiary/aromatic N) is 3. The van der Waals surface area contributed by atoms with Gasteiger partial charge in [0.25, 0.3) is 0 Å². The maximum absolute atomic E-state index is 11.6. The summed E-state index contributed by atoms with van der Waals surface area (Å²) in [4.78, 5) is 18.1. The van der Waals surface area contributed by atoms with E-state index in [-0.39, 0.29) is 17.4 Å². The Kier molecular flexibility index (Phi) is 3.89. The van der Waals surface area contributed by atoms with Crippen LogP contribution in [0, 0.1) is 0 Å². The molecule has 1 fully saturated rings. The van der Waals surface area contributed by atoms with Crippen LogP contribution in [0.1, 0.15) is 45.3 Å². The zero-order valence-electron chi connectivity index (χ0n) is 12.0. The van der Waals surface area contributed by atoms with E-state index in [4.69, 9.17) is 9.26 Å². The smallest absolute Gasteiger partial charge is 0.323 e. The van der Waals surface area contributed by atoms with Crippen LogP contribution in [0.25, 0.3) is 0 Å². The quantitative estimate of drug-likeness (QED) is 0.773. The van der Waals surface area contributed by atoms with Gasteiger partial charge in [-0.25, -0.2) is 0 Å². The van der Waals surface area contributed by atoms with Gasteiger partial charge in [-0.05, 0) is 19.4 Å². The van der Waals surface area contributed by atoms with Gasteiger partial charge >= 0.3 is 5.97 Å². The molecule has 19 heavy (non-hydrogen) atoms. The SMILES string of the molecule is COC(=O)C1CCCN1Cc1nc(C(C)(C)C)no1. The Morgan fingerprint density at radius 2 is 2.26 bits per heavy atom. The molecule has 1 saturated heterocycles. The van der Waals surface area contributed by atoms with Gasteiger partial charge in [0.1, 0.15) is 6.04 Å². The Bertz CT molecular complexity index is 450. The first-order valence-electron chi connectivity index (χ1n) is 6.57. The highest BCUT2D eigenvalue weighted by atomic mass is 16.5. The zero-order chi connectivity index (χ0) is 14.0. The number of carbonyl (C=O) groups excluding carboxylic acids is 1. The Hall–Kier alpha value is -1.43. The minimum atomic E-state index is -0.187. The standard InChI is InChI=1S/C13H21N3O3/c1-13(2,3)12-14-10(19-15-12)8-16-7-5-6-9(16)11(17)18-4/h9H,5-8H2,1-4H3. The summed E-state index contributed by atoms with van der Waals surface area (Å²) in [6.45, 7) is 7.47. The fraction of sp³-hybridized carbons (Fsp3) is 0.769. The molecule has 0 radical (unpaired) electrons. The number of carbonyl (C=O) groups is 1. The molecule has 0 saturated carbocycles. The average molecular weight is 267 g/mol. The average Bonchev–Trinajstić information content (AvgIpc) is 2.97. The van der Waals surface area contributed by atoms with E-state index in [9.17, 15) is 4.79 Å². The van der Waals surface area contributed by atoms with Crippen molar-refractivity contribution in [2.24, 2.45) is 0 Å². The summed E-state index contributed by atoms with van der Waals surface area (Å²) in [5.41, 5.74) is -0.130. The molecule has 106 valence electrons. The summed E-state index contributed by atoms with van der Waals surface area (Å²) in [5.74, 6) is 1.06. The van der Waals surface area contributed by atoms with Crippen molar-refractivity contribution < 1.29 is 14.1 Å². The molecule has 1 aromatic heterocycles. The lowest BCUT2D eigenvalue weighted by Crippen LogP contribution is -2.36. The van der Waals surface area contributed by atoms with E-state index in [2.05, 4.69) is 10.1 Å². The first-order chi connectivity index (χ1) is 8.91. The van der Waals surface area contributed by atoms with Gasteiger partial charge in [0, 0.05) is 5.41 Å². The Morgan fingerprint density at radius 3 is 2.84 bits per heavy atom. The first kappa shape index (κ1) is 14.0. The van der Waals surface area contributed by atoms with Crippen molar-refractivity contribution in [3.63, 3.8) is 0 Å². The van der Waals surface area contributed by atoms with E-state index >= 15 is 0 Å². The molecule has 0 aromatic carbocycles. The summed E-state index contributed by atoms with van der Waals surface area (Å²) >= 11 is 0. The molecular formula is C13H21N3O3. The molecule has 1 atom stereocenters. The molecular weight excluding hydrogens is 246 g/mol. The molecule has 0 amide bonds. The lowest BCUT2D eigenvalue weighted by Gasteiger charge is -2.20. The van der Waals surface area contributed by atoms with Gasteiger partial charge in [-0.2, -0.15) is 4.98 Å². The van der Waals surface area contributed by atoms with Crippen LogP contribution in [-0.4, -0.2) is 40.7 Å². The highest BCUT2D eigenvalue weighted by Gasteiger charge is 2.33. The van der Waals surface area contributed by atoms with Gasteiger partial charge in [-0.15, -0.1) is 0 Å². The monoisotopic (exact) mass is 267 g/mol. The number of esters is 1. The lowest BCUT2D eigenvalue weighted by atomic mass is 9.96. The molecule has 1 aliphatic rings. The predicted octanol–water partition coefficient (Wildman–Crippen LogP) is 1.50. The molecule has 0 aliphatic carbocycles. The second-order valence-corrected chi connectivity index (χ2v) is 5.91. The van der Waals surface area contributed by atoms with E-state index in [0.29, 0.717) is 18.3 Å². The van der Waals surface area contributed by atoms with Crippen LogP contribution in [0.5, 0.6) is 0 Å². The summed E-state index contributed by atoms with van der Waals surface area (Å²) in [5, 5.41) is 3.99. The maximum Gasteiger partial charge on any atom is 0.323 e. The van der Waals surface area contributed by atoms with Crippen LogP contribution in [0.3, 0.4) is 0 Å². The molecule has 6 heteroatoms. The van der Waals surface area contributed by atoms with E-state index in [1.54, 1.807) is 0 Å². The number of aromatic nitrogens is 2. The fourth-order valence-corrected chi connectivity index (χ4v) is 2.22. The van der Waals surface area contributed by atoms with Crippen LogP contribution in [0.15, 0.2) is 4.52 Å². The van der Waals surface area contributed by atoms with Crippen LogP contribution < -0.4 is 0 Å². The molecule has 2 heterocycles. The maximum atomic E-state index is 11.6. The Morgan fingerprint density at radius 1 is 1.53 bits per heavy atom.